The van der Waals surface area contributed by atoms with E-state index in [2.05, 4.69) is 33.9 Å². The molecule has 1 amide bonds. The van der Waals surface area contributed by atoms with Crippen LogP contribution in [-0.4, -0.2) is 52.3 Å². The first kappa shape index (κ1) is 23.1. The third kappa shape index (κ3) is 7.31. The molecular formula is C23H32N4O3. The Bertz CT molecular complexity index is 835. The molecule has 0 spiro atoms. The predicted molar refractivity (Wildman–Crippen MR) is 121 cm³/mol. The molecule has 0 fully saturated rings. The highest BCUT2D eigenvalue weighted by molar-refractivity contribution is 5.94. The Morgan fingerprint density at radius 1 is 0.967 bits per heavy atom. The van der Waals surface area contributed by atoms with E-state index in [-0.39, 0.29) is 5.91 Å². The Morgan fingerprint density at radius 3 is 2.37 bits per heavy atom. The number of methoxy groups -OCH3 is 2. The van der Waals surface area contributed by atoms with Crippen molar-refractivity contribution in [3.05, 3.63) is 59.2 Å². The van der Waals surface area contributed by atoms with Crippen molar-refractivity contribution in [2.75, 3.05) is 40.4 Å². The lowest BCUT2D eigenvalue weighted by molar-refractivity contribution is 0.0954. The molecule has 2 aromatic rings. The van der Waals surface area contributed by atoms with Crippen molar-refractivity contribution in [1.82, 2.24) is 16.0 Å². The fraction of sp³-hybridized carbons (Fsp3) is 0.391. The van der Waals surface area contributed by atoms with Crippen molar-refractivity contribution in [3.63, 3.8) is 0 Å². The van der Waals surface area contributed by atoms with Crippen LogP contribution in [0.5, 0.6) is 11.5 Å². The minimum Gasteiger partial charge on any atom is -0.497 e. The quantitative estimate of drug-likeness (QED) is 0.317. The predicted octanol–water partition coefficient (Wildman–Crippen LogP) is 2.54. The summed E-state index contributed by atoms with van der Waals surface area (Å²) in [7, 11) is 3.28. The summed E-state index contributed by atoms with van der Waals surface area (Å²) in [5.41, 5.74) is 2.94. The molecule has 0 aliphatic carbocycles. The van der Waals surface area contributed by atoms with Gasteiger partial charge in [0.2, 0.25) is 0 Å². The van der Waals surface area contributed by atoms with Crippen LogP contribution in [0.4, 0.5) is 0 Å². The maximum Gasteiger partial charge on any atom is 0.251 e. The van der Waals surface area contributed by atoms with E-state index in [9.17, 15) is 4.79 Å². The average molecular weight is 413 g/mol. The van der Waals surface area contributed by atoms with Crippen LogP contribution in [0.25, 0.3) is 0 Å². The number of benzene rings is 2. The number of ether oxygens (including phenoxy) is 2. The van der Waals surface area contributed by atoms with Crippen LogP contribution < -0.4 is 25.4 Å². The summed E-state index contributed by atoms with van der Waals surface area (Å²) in [6.45, 7) is 6.54. The smallest absolute Gasteiger partial charge is 0.251 e. The fourth-order valence-electron chi connectivity index (χ4n) is 2.93. The summed E-state index contributed by atoms with van der Waals surface area (Å²) in [5.74, 6) is 2.22. The number of hydrogen-bond donors (Lipinski definition) is 3. The second-order valence-electron chi connectivity index (χ2n) is 6.74. The molecule has 0 radical (unpaired) electrons. The van der Waals surface area contributed by atoms with E-state index in [1.165, 1.54) is 5.56 Å². The fourth-order valence-corrected chi connectivity index (χ4v) is 2.93. The van der Waals surface area contributed by atoms with Gasteiger partial charge in [0, 0.05) is 31.7 Å². The van der Waals surface area contributed by atoms with Crippen molar-refractivity contribution < 1.29 is 14.3 Å². The van der Waals surface area contributed by atoms with Crippen LogP contribution in [0.2, 0.25) is 0 Å². The summed E-state index contributed by atoms with van der Waals surface area (Å²) in [6, 6.07) is 13.2. The van der Waals surface area contributed by atoms with Crippen LogP contribution in [0.1, 0.15) is 28.4 Å². The zero-order valence-corrected chi connectivity index (χ0v) is 18.2. The largest absolute Gasteiger partial charge is 0.497 e. The van der Waals surface area contributed by atoms with E-state index in [1.54, 1.807) is 38.5 Å². The minimum atomic E-state index is -0.118. The van der Waals surface area contributed by atoms with Gasteiger partial charge in [-0.15, -0.1) is 0 Å². The maximum atomic E-state index is 12.2. The lowest BCUT2D eigenvalue weighted by Gasteiger charge is -2.13. The number of carbonyl (C=O) groups excluding carboxylic acids is 1. The van der Waals surface area contributed by atoms with E-state index in [1.807, 2.05) is 19.1 Å². The number of guanidine groups is 1. The van der Waals surface area contributed by atoms with Crippen molar-refractivity contribution in [3.8, 4) is 11.5 Å². The summed E-state index contributed by atoms with van der Waals surface area (Å²) in [4.78, 5) is 16.8. The molecule has 162 valence electrons. The van der Waals surface area contributed by atoms with Crippen LogP contribution in [-0.2, 0) is 6.42 Å². The molecule has 0 aromatic heterocycles. The van der Waals surface area contributed by atoms with Gasteiger partial charge in [0.25, 0.3) is 5.91 Å². The highest BCUT2D eigenvalue weighted by Crippen LogP contribution is 2.20. The molecule has 0 atom stereocenters. The first-order valence-electron chi connectivity index (χ1n) is 10.1. The van der Waals surface area contributed by atoms with E-state index < -0.39 is 0 Å². The van der Waals surface area contributed by atoms with E-state index in [4.69, 9.17) is 9.47 Å². The molecule has 7 nitrogen and oxygen atoms in total. The number of rotatable bonds is 10. The lowest BCUT2D eigenvalue weighted by Crippen LogP contribution is -2.41. The Hall–Kier alpha value is -3.22. The molecule has 3 N–H and O–H groups in total. The molecule has 0 saturated carbocycles. The molecule has 0 unspecified atom stereocenters. The molecule has 30 heavy (non-hydrogen) atoms. The van der Waals surface area contributed by atoms with Gasteiger partial charge in [-0.3, -0.25) is 9.79 Å². The number of aryl methyl sites for hydroxylation is 1. The average Bonchev–Trinajstić information content (AvgIpc) is 2.76. The number of aliphatic imine (C=N–C) groups is 1. The Kier molecular flexibility index (Phi) is 9.51. The van der Waals surface area contributed by atoms with Gasteiger partial charge in [-0.05, 0) is 56.2 Å². The third-order valence-electron chi connectivity index (χ3n) is 4.49. The molecule has 2 rings (SSSR count). The standard InChI is InChI=1S/C23H32N4O3/c1-5-24-23(26-13-12-19-16-17(2)6-11-21(19)30-4)27-15-14-25-22(28)18-7-9-20(29-3)10-8-18/h6-11,16H,5,12-15H2,1-4H3,(H,25,28)(H2,24,26,27). The normalized spacial score (nSPS) is 11.0. The monoisotopic (exact) mass is 412 g/mol. The molecule has 0 bridgehead atoms. The van der Waals surface area contributed by atoms with Crippen LogP contribution in [0.15, 0.2) is 47.5 Å². The van der Waals surface area contributed by atoms with Crippen LogP contribution in [0, 0.1) is 6.92 Å². The molecule has 0 heterocycles. The maximum absolute atomic E-state index is 12.2. The van der Waals surface area contributed by atoms with Gasteiger partial charge < -0.3 is 25.4 Å². The van der Waals surface area contributed by atoms with Gasteiger partial charge >= 0.3 is 0 Å². The minimum absolute atomic E-state index is 0.118. The van der Waals surface area contributed by atoms with Crippen LogP contribution >= 0.6 is 0 Å². The molecule has 7 heteroatoms. The second kappa shape index (κ2) is 12.4. The molecule has 0 aliphatic heterocycles. The van der Waals surface area contributed by atoms with E-state index in [0.29, 0.717) is 25.2 Å². The summed E-state index contributed by atoms with van der Waals surface area (Å²) >= 11 is 0. The summed E-state index contributed by atoms with van der Waals surface area (Å²) < 4.78 is 10.5. The molecule has 2 aromatic carbocycles. The Labute approximate surface area is 178 Å². The topological polar surface area (TPSA) is 84.0 Å². The summed E-state index contributed by atoms with van der Waals surface area (Å²) in [5, 5.41) is 9.36. The zero-order valence-electron chi connectivity index (χ0n) is 18.2. The summed E-state index contributed by atoms with van der Waals surface area (Å²) in [6.07, 6.45) is 0.787. The van der Waals surface area contributed by atoms with Crippen molar-refractivity contribution in [2.45, 2.75) is 20.3 Å². The van der Waals surface area contributed by atoms with Crippen molar-refractivity contribution in [1.29, 1.82) is 0 Å². The number of amides is 1. The van der Waals surface area contributed by atoms with Crippen molar-refractivity contribution >= 4 is 11.9 Å². The van der Waals surface area contributed by atoms with Gasteiger partial charge in [0.05, 0.1) is 14.2 Å². The first-order chi connectivity index (χ1) is 14.6. The zero-order chi connectivity index (χ0) is 21.8. The SMILES string of the molecule is CCNC(=NCCc1cc(C)ccc1OC)NCCNC(=O)c1ccc(OC)cc1. The lowest BCUT2D eigenvalue weighted by atomic mass is 10.1. The van der Waals surface area contributed by atoms with E-state index in [0.717, 1.165) is 36.0 Å². The molecular weight excluding hydrogens is 380 g/mol. The molecule has 0 aliphatic rings. The van der Waals surface area contributed by atoms with Crippen LogP contribution in [0.3, 0.4) is 0 Å². The molecule has 0 saturated heterocycles. The van der Waals surface area contributed by atoms with Gasteiger partial charge in [-0.2, -0.15) is 0 Å². The van der Waals surface area contributed by atoms with Crippen molar-refractivity contribution in [2.24, 2.45) is 4.99 Å². The highest BCUT2D eigenvalue weighted by Gasteiger charge is 2.06. The van der Waals surface area contributed by atoms with E-state index >= 15 is 0 Å². The van der Waals surface area contributed by atoms with Gasteiger partial charge in [0.15, 0.2) is 5.96 Å². The first-order valence-corrected chi connectivity index (χ1v) is 10.1. The number of nitrogens with one attached hydrogen (secondary N) is 3. The Balaban J connectivity index is 1.80. The van der Waals surface area contributed by atoms with Gasteiger partial charge in [-0.1, -0.05) is 17.7 Å². The Morgan fingerprint density at radius 2 is 1.70 bits per heavy atom. The second-order valence-corrected chi connectivity index (χ2v) is 6.74. The van der Waals surface area contributed by atoms with Gasteiger partial charge in [0.1, 0.15) is 11.5 Å². The number of nitrogens with zero attached hydrogens (tertiary/aromatic N) is 1. The highest BCUT2D eigenvalue weighted by atomic mass is 16.5. The third-order valence-corrected chi connectivity index (χ3v) is 4.49. The van der Waals surface area contributed by atoms with Gasteiger partial charge in [-0.25, -0.2) is 0 Å². The number of hydrogen-bond acceptors (Lipinski definition) is 4. The number of carbonyl (C=O) groups is 1.